The van der Waals surface area contributed by atoms with Crippen molar-refractivity contribution in [2.24, 2.45) is 0 Å². The Hall–Kier alpha value is -3.03. The normalized spacial score (nSPS) is 10.8. The molecule has 0 aliphatic carbocycles. The Morgan fingerprint density at radius 3 is 2.72 bits per heavy atom. The van der Waals surface area contributed by atoms with E-state index in [1.165, 1.54) is 0 Å². The van der Waals surface area contributed by atoms with Crippen molar-refractivity contribution >= 4 is 44.9 Å². The number of thiazole rings is 1. The van der Waals surface area contributed by atoms with E-state index in [1.54, 1.807) is 30.2 Å². The number of benzene rings is 3. The number of ether oxygens (including phenoxy) is 2. The average molecular weight is 465 g/mol. The Morgan fingerprint density at radius 1 is 1.06 bits per heavy atom. The van der Waals surface area contributed by atoms with Gasteiger partial charge in [-0.2, -0.15) is 0 Å². The van der Waals surface area contributed by atoms with Gasteiger partial charge in [0, 0.05) is 11.4 Å². The molecule has 0 atom stereocenters. The zero-order valence-electron chi connectivity index (χ0n) is 18.0. The number of aryl methyl sites for hydroxylation is 1. The van der Waals surface area contributed by atoms with Crippen molar-refractivity contribution in [3.63, 3.8) is 0 Å². The fourth-order valence-corrected chi connectivity index (χ4v) is 5.20. The first-order chi connectivity index (χ1) is 15.6. The van der Waals surface area contributed by atoms with E-state index in [1.807, 2.05) is 73.7 Å². The van der Waals surface area contributed by atoms with Gasteiger partial charge in [0.2, 0.25) is 5.91 Å². The second-order valence-electron chi connectivity index (χ2n) is 7.22. The molecule has 4 aromatic rings. The molecule has 0 bridgehead atoms. The maximum atomic E-state index is 12.3. The quantitative estimate of drug-likeness (QED) is 0.244. The number of rotatable bonds is 9. The molecule has 3 aromatic carbocycles. The number of carbonyl (C=O) groups excluding carboxylic acids is 1. The molecule has 1 heterocycles. The lowest BCUT2D eigenvalue weighted by atomic mass is 10.1. The molecule has 5 nitrogen and oxygen atoms in total. The summed E-state index contributed by atoms with van der Waals surface area (Å²) in [5.74, 6) is 2.24. The third kappa shape index (κ3) is 5.81. The molecule has 0 aliphatic rings. The Bertz CT molecular complexity index is 1210. The zero-order chi connectivity index (χ0) is 22.3. The molecule has 164 valence electrons. The lowest BCUT2D eigenvalue weighted by molar-refractivity contribution is -0.115. The van der Waals surface area contributed by atoms with Gasteiger partial charge in [-0.05, 0) is 48.4 Å². The monoisotopic (exact) mass is 464 g/mol. The van der Waals surface area contributed by atoms with E-state index >= 15 is 0 Å². The molecule has 1 N–H and O–H groups in total. The largest absolute Gasteiger partial charge is 0.493 e. The number of methoxy groups -OCH3 is 1. The topological polar surface area (TPSA) is 60.5 Å². The van der Waals surface area contributed by atoms with Crippen LogP contribution in [0.5, 0.6) is 11.5 Å². The fourth-order valence-electron chi connectivity index (χ4n) is 3.20. The number of nitrogens with zero attached hydrogens (tertiary/aromatic N) is 1. The highest BCUT2D eigenvalue weighted by molar-refractivity contribution is 8.01. The van der Waals surface area contributed by atoms with Crippen LogP contribution in [0.15, 0.2) is 71.1 Å². The van der Waals surface area contributed by atoms with Gasteiger partial charge in [-0.15, -0.1) is 11.3 Å². The van der Waals surface area contributed by atoms with E-state index in [2.05, 4.69) is 10.3 Å². The molecule has 0 saturated heterocycles. The van der Waals surface area contributed by atoms with Crippen LogP contribution in [0.3, 0.4) is 0 Å². The highest BCUT2D eigenvalue weighted by Crippen LogP contribution is 2.32. The van der Waals surface area contributed by atoms with E-state index in [0.29, 0.717) is 13.0 Å². The maximum Gasteiger partial charge on any atom is 0.228 e. The van der Waals surface area contributed by atoms with Crippen LogP contribution in [-0.4, -0.2) is 30.4 Å². The summed E-state index contributed by atoms with van der Waals surface area (Å²) in [7, 11) is 1.65. The van der Waals surface area contributed by atoms with Crippen LogP contribution in [-0.2, 0) is 11.2 Å². The number of amides is 1. The van der Waals surface area contributed by atoms with Gasteiger partial charge in [-0.3, -0.25) is 4.79 Å². The number of anilines is 1. The van der Waals surface area contributed by atoms with Gasteiger partial charge in [0.05, 0.1) is 30.4 Å². The third-order valence-corrected chi connectivity index (χ3v) is 6.87. The number of hydrogen-bond acceptors (Lipinski definition) is 6. The highest BCUT2D eigenvalue weighted by Gasteiger charge is 2.09. The summed E-state index contributed by atoms with van der Waals surface area (Å²) in [5.41, 5.74) is 3.84. The molecular weight excluding hydrogens is 440 g/mol. The van der Waals surface area contributed by atoms with Crippen LogP contribution in [0.2, 0.25) is 0 Å². The summed E-state index contributed by atoms with van der Waals surface area (Å²) < 4.78 is 13.3. The van der Waals surface area contributed by atoms with E-state index in [4.69, 9.17) is 9.47 Å². The van der Waals surface area contributed by atoms with Crippen molar-refractivity contribution in [1.82, 2.24) is 4.98 Å². The molecule has 1 amide bonds. The predicted molar refractivity (Wildman–Crippen MR) is 132 cm³/mol. The van der Waals surface area contributed by atoms with Gasteiger partial charge < -0.3 is 14.8 Å². The van der Waals surface area contributed by atoms with Crippen molar-refractivity contribution in [3.05, 3.63) is 77.9 Å². The van der Waals surface area contributed by atoms with Gasteiger partial charge >= 0.3 is 0 Å². The first-order valence-corrected chi connectivity index (χ1v) is 12.1. The van der Waals surface area contributed by atoms with Crippen molar-refractivity contribution in [1.29, 1.82) is 0 Å². The minimum atomic E-state index is -0.0293. The zero-order valence-corrected chi connectivity index (χ0v) is 19.6. The maximum absolute atomic E-state index is 12.3. The molecule has 0 spiro atoms. The lowest BCUT2D eigenvalue weighted by Gasteiger charge is -2.10. The summed E-state index contributed by atoms with van der Waals surface area (Å²) in [6.45, 7) is 2.58. The first kappa shape index (κ1) is 22.2. The number of hydrogen-bond donors (Lipinski definition) is 1. The number of fused-ring (bicyclic) bond motifs is 1. The predicted octanol–water partition coefficient (Wildman–Crippen LogP) is 5.97. The second-order valence-corrected chi connectivity index (χ2v) is 9.60. The summed E-state index contributed by atoms with van der Waals surface area (Å²) in [6.07, 6.45) is 0.356. The molecule has 7 heteroatoms. The van der Waals surface area contributed by atoms with Crippen LogP contribution in [0, 0.1) is 6.92 Å². The van der Waals surface area contributed by atoms with Crippen molar-refractivity contribution in [2.75, 3.05) is 24.8 Å². The molecular formula is C25H24N2O3S2. The van der Waals surface area contributed by atoms with E-state index in [9.17, 15) is 4.79 Å². The van der Waals surface area contributed by atoms with Gasteiger partial charge in [0.25, 0.3) is 0 Å². The minimum Gasteiger partial charge on any atom is -0.493 e. The number of nitrogens with one attached hydrogen (secondary N) is 1. The Balaban J connectivity index is 1.31. The molecule has 0 aliphatic heterocycles. The molecule has 1 aromatic heterocycles. The molecule has 0 radical (unpaired) electrons. The van der Waals surface area contributed by atoms with Crippen LogP contribution in [0.25, 0.3) is 10.2 Å². The van der Waals surface area contributed by atoms with Gasteiger partial charge in [0.1, 0.15) is 0 Å². The van der Waals surface area contributed by atoms with Crippen LogP contribution < -0.4 is 14.8 Å². The smallest absolute Gasteiger partial charge is 0.228 e. The summed E-state index contributed by atoms with van der Waals surface area (Å²) in [5, 5.41) is 2.98. The van der Waals surface area contributed by atoms with Crippen molar-refractivity contribution < 1.29 is 14.3 Å². The van der Waals surface area contributed by atoms with Crippen molar-refractivity contribution in [2.45, 2.75) is 17.7 Å². The van der Waals surface area contributed by atoms with Crippen molar-refractivity contribution in [3.8, 4) is 11.5 Å². The lowest BCUT2D eigenvalue weighted by Crippen LogP contribution is -2.14. The Morgan fingerprint density at radius 2 is 1.91 bits per heavy atom. The molecule has 32 heavy (non-hydrogen) atoms. The van der Waals surface area contributed by atoms with Gasteiger partial charge in [0.15, 0.2) is 15.8 Å². The number of aromatic nitrogens is 1. The standard InChI is InChI=1S/C25H24N2O3S2/c1-17-8-11-21(22(14-17)29-2)30-12-13-31-25-27-20-10-9-19(16-23(20)32-25)26-24(28)15-18-6-4-3-5-7-18/h3-11,14,16H,12-13,15H2,1-2H3,(H,26,28). The summed E-state index contributed by atoms with van der Waals surface area (Å²) in [4.78, 5) is 17.0. The Kier molecular flexibility index (Phi) is 7.29. The highest BCUT2D eigenvalue weighted by atomic mass is 32.2. The molecule has 0 saturated carbocycles. The van der Waals surface area contributed by atoms with Gasteiger partial charge in [-0.25, -0.2) is 4.98 Å². The van der Waals surface area contributed by atoms with Crippen LogP contribution in [0.4, 0.5) is 5.69 Å². The molecule has 4 rings (SSSR count). The number of carbonyl (C=O) groups is 1. The SMILES string of the molecule is COc1cc(C)ccc1OCCSc1nc2ccc(NC(=O)Cc3ccccc3)cc2s1. The first-order valence-electron chi connectivity index (χ1n) is 10.3. The van der Waals surface area contributed by atoms with Crippen LogP contribution >= 0.6 is 23.1 Å². The fraction of sp³-hybridized carbons (Fsp3) is 0.200. The summed E-state index contributed by atoms with van der Waals surface area (Å²) in [6, 6.07) is 21.5. The molecule has 0 unspecified atom stereocenters. The van der Waals surface area contributed by atoms with Crippen LogP contribution in [0.1, 0.15) is 11.1 Å². The third-order valence-electron chi connectivity index (χ3n) is 4.75. The second kappa shape index (κ2) is 10.5. The molecule has 0 fully saturated rings. The Labute approximate surface area is 195 Å². The number of thioether (sulfide) groups is 1. The van der Waals surface area contributed by atoms with E-state index < -0.39 is 0 Å². The average Bonchev–Trinajstić information content (AvgIpc) is 3.20. The summed E-state index contributed by atoms with van der Waals surface area (Å²) >= 11 is 3.28. The van der Waals surface area contributed by atoms with Gasteiger partial charge in [-0.1, -0.05) is 48.2 Å². The minimum absolute atomic E-state index is 0.0293. The van der Waals surface area contributed by atoms with E-state index in [0.717, 1.165) is 48.6 Å². The van der Waals surface area contributed by atoms with E-state index in [-0.39, 0.29) is 5.91 Å².